The third kappa shape index (κ3) is 3.00. The van der Waals surface area contributed by atoms with Gasteiger partial charge in [-0.15, -0.1) is 11.8 Å². The topological polar surface area (TPSA) is 56.7 Å². The van der Waals surface area contributed by atoms with E-state index in [0.717, 1.165) is 22.9 Å². The number of rotatable bonds is 4. The van der Waals surface area contributed by atoms with E-state index in [9.17, 15) is 0 Å². The number of aryl methyl sites for hydroxylation is 2. The van der Waals surface area contributed by atoms with Gasteiger partial charge in [-0.2, -0.15) is 5.10 Å². The van der Waals surface area contributed by atoms with Crippen LogP contribution in [-0.2, 0) is 19.2 Å². The lowest BCUT2D eigenvalue weighted by Gasteiger charge is -2.01. The monoisotopic (exact) mass is 248 g/mol. The van der Waals surface area contributed by atoms with Gasteiger partial charge in [0.1, 0.15) is 0 Å². The summed E-state index contributed by atoms with van der Waals surface area (Å²) in [5.74, 6) is 0.875. The van der Waals surface area contributed by atoms with E-state index in [4.69, 9.17) is 5.73 Å². The average Bonchev–Trinajstić information content (AvgIpc) is 2.69. The average molecular weight is 248 g/mol. The van der Waals surface area contributed by atoms with Gasteiger partial charge < -0.3 is 5.73 Å². The predicted octanol–water partition coefficient (Wildman–Crippen LogP) is 2.25. The molecule has 0 bridgehead atoms. The van der Waals surface area contributed by atoms with Gasteiger partial charge in [0.2, 0.25) is 0 Å². The molecule has 2 aromatic rings. The number of hydrogen-bond acceptors (Lipinski definition) is 4. The Hall–Kier alpha value is -1.49. The fraction of sp³-hybridized carbons (Fsp3) is 0.333. The molecule has 2 heterocycles. The molecular formula is C12H16N4S. The van der Waals surface area contributed by atoms with Gasteiger partial charge in [-0.3, -0.25) is 4.68 Å². The number of pyridine rings is 1. The Kier molecular flexibility index (Phi) is 3.68. The van der Waals surface area contributed by atoms with Gasteiger partial charge in [0.25, 0.3) is 0 Å². The van der Waals surface area contributed by atoms with Crippen molar-refractivity contribution < 1.29 is 0 Å². The van der Waals surface area contributed by atoms with Crippen LogP contribution in [0.3, 0.4) is 0 Å². The fourth-order valence-electron chi connectivity index (χ4n) is 1.50. The van der Waals surface area contributed by atoms with E-state index in [1.54, 1.807) is 18.0 Å². The maximum Gasteiger partial charge on any atom is 0.0965 e. The largest absolute Gasteiger partial charge is 0.397 e. The molecule has 0 fully saturated rings. The van der Waals surface area contributed by atoms with Crippen LogP contribution in [0, 0.1) is 0 Å². The molecule has 2 aromatic heterocycles. The van der Waals surface area contributed by atoms with Crippen molar-refractivity contribution in [1.29, 1.82) is 0 Å². The van der Waals surface area contributed by atoms with Crippen LogP contribution < -0.4 is 5.73 Å². The lowest BCUT2D eigenvalue weighted by Crippen LogP contribution is -1.96. The van der Waals surface area contributed by atoms with E-state index in [1.165, 1.54) is 5.69 Å². The zero-order chi connectivity index (χ0) is 12.3. The van der Waals surface area contributed by atoms with Gasteiger partial charge >= 0.3 is 0 Å². The third-order valence-electron chi connectivity index (χ3n) is 2.52. The Balaban J connectivity index is 2.01. The fourth-order valence-corrected chi connectivity index (χ4v) is 2.36. The standard InChI is InChI=1S/C12H16N4S/c1-3-10-6-11(16(2)15-10)8-17-12-5-4-9(13)7-14-12/h4-7H,3,8,13H2,1-2H3. The van der Waals surface area contributed by atoms with E-state index < -0.39 is 0 Å². The first-order chi connectivity index (χ1) is 8.19. The van der Waals surface area contributed by atoms with Crippen LogP contribution in [0.2, 0.25) is 0 Å². The number of aromatic nitrogens is 3. The van der Waals surface area contributed by atoms with Crippen molar-refractivity contribution in [3.8, 4) is 0 Å². The summed E-state index contributed by atoms with van der Waals surface area (Å²) in [6.07, 6.45) is 2.65. The summed E-state index contributed by atoms with van der Waals surface area (Å²) in [5.41, 5.74) is 8.64. The van der Waals surface area contributed by atoms with Crippen LogP contribution in [0.5, 0.6) is 0 Å². The van der Waals surface area contributed by atoms with E-state index in [0.29, 0.717) is 5.69 Å². The molecule has 0 atom stereocenters. The molecule has 0 saturated carbocycles. The highest BCUT2D eigenvalue weighted by molar-refractivity contribution is 7.98. The van der Waals surface area contributed by atoms with Gasteiger partial charge in [0.05, 0.1) is 22.6 Å². The second-order valence-electron chi connectivity index (χ2n) is 3.82. The molecule has 4 nitrogen and oxygen atoms in total. The van der Waals surface area contributed by atoms with Crippen LogP contribution in [0.15, 0.2) is 29.4 Å². The Morgan fingerprint density at radius 1 is 1.41 bits per heavy atom. The highest BCUT2D eigenvalue weighted by atomic mass is 32.2. The van der Waals surface area contributed by atoms with E-state index >= 15 is 0 Å². The van der Waals surface area contributed by atoms with Crippen molar-refractivity contribution in [1.82, 2.24) is 14.8 Å². The number of anilines is 1. The van der Waals surface area contributed by atoms with Gasteiger partial charge in [0, 0.05) is 18.5 Å². The summed E-state index contributed by atoms with van der Waals surface area (Å²) >= 11 is 1.69. The second kappa shape index (κ2) is 5.23. The first-order valence-corrected chi connectivity index (χ1v) is 6.53. The van der Waals surface area contributed by atoms with Crippen molar-refractivity contribution in [3.63, 3.8) is 0 Å². The van der Waals surface area contributed by atoms with Gasteiger partial charge in [-0.25, -0.2) is 4.98 Å². The molecule has 0 aliphatic heterocycles. The second-order valence-corrected chi connectivity index (χ2v) is 4.82. The molecule has 5 heteroatoms. The zero-order valence-electron chi connectivity index (χ0n) is 10.1. The molecule has 0 spiro atoms. The molecule has 0 radical (unpaired) electrons. The molecule has 0 amide bonds. The van der Waals surface area contributed by atoms with Gasteiger partial charge in [0.15, 0.2) is 0 Å². The number of hydrogen-bond donors (Lipinski definition) is 1. The summed E-state index contributed by atoms with van der Waals surface area (Å²) in [6.45, 7) is 2.11. The molecular weight excluding hydrogens is 232 g/mol. The van der Waals surface area contributed by atoms with Crippen molar-refractivity contribution in [2.75, 3.05) is 5.73 Å². The van der Waals surface area contributed by atoms with E-state index in [-0.39, 0.29) is 0 Å². The Labute approximate surface area is 105 Å². The van der Waals surface area contributed by atoms with E-state index in [2.05, 4.69) is 23.1 Å². The molecule has 0 unspecified atom stereocenters. The molecule has 0 saturated heterocycles. The van der Waals surface area contributed by atoms with Crippen LogP contribution >= 0.6 is 11.8 Å². The normalized spacial score (nSPS) is 10.7. The molecule has 2 rings (SSSR count). The first kappa shape index (κ1) is 12.0. The summed E-state index contributed by atoms with van der Waals surface area (Å²) in [5, 5.41) is 5.40. The summed E-state index contributed by atoms with van der Waals surface area (Å²) in [7, 11) is 1.98. The Bertz CT molecular complexity index is 490. The minimum atomic E-state index is 0.697. The first-order valence-electron chi connectivity index (χ1n) is 5.55. The van der Waals surface area contributed by atoms with Crippen LogP contribution in [0.1, 0.15) is 18.3 Å². The molecule has 2 N–H and O–H groups in total. The van der Waals surface area contributed by atoms with Gasteiger partial charge in [-0.05, 0) is 24.6 Å². The molecule has 0 aliphatic rings. The van der Waals surface area contributed by atoms with Crippen LogP contribution in [-0.4, -0.2) is 14.8 Å². The molecule has 90 valence electrons. The number of nitrogens with zero attached hydrogens (tertiary/aromatic N) is 3. The quantitative estimate of drug-likeness (QED) is 0.843. The molecule has 17 heavy (non-hydrogen) atoms. The summed E-state index contributed by atoms with van der Waals surface area (Å²) in [6, 6.07) is 5.96. The highest BCUT2D eigenvalue weighted by Crippen LogP contribution is 2.21. The van der Waals surface area contributed by atoms with E-state index in [1.807, 2.05) is 23.9 Å². The maximum atomic E-state index is 5.59. The smallest absolute Gasteiger partial charge is 0.0965 e. The Morgan fingerprint density at radius 2 is 2.24 bits per heavy atom. The zero-order valence-corrected chi connectivity index (χ0v) is 10.9. The summed E-state index contributed by atoms with van der Waals surface area (Å²) in [4.78, 5) is 4.26. The number of nitrogens with two attached hydrogens (primary N) is 1. The van der Waals surface area contributed by atoms with Gasteiger partial charge in [-0.1, -0.05) is 6.92 Å². The Morgan fingerprint density at radius 3 is 2.82 bits per heavy atom. The highest BCUT2D eigenvalue weighted by Gasteiger charge is 2.04. The lowest BCUT2D eigenvalue weighted by molar-refractivity contribution is 0.720. The number of thioether (sulfide) groups is 1. The van der Waals surface area contributed by atoms with Crippen LogP contribution in [0.25, 0.3) is 0 Å². The molecule has 0 aliphatic carbocycles. The minimum absolute atomic E-state index is 0.697. The van der Waals surface area contributed by atoms with Crippen molar-refractivity contribution in [2.45, 2.75) is 24.1 Å². The summed E-state index contributed by atoms with van der Waals surface area (Å²) < 4.78 is 1.93. The van der Waals surface area contributed by atoms with Crippen LogP contribution in [0.4, 0.5) is 5.69 Å². The SMILES string of the molecule is CCc1cc(CSc2ccc(N)cn2)n(C)n1. The van der Waals surface area contributed by atoms with Crippen molar-refractivity contribution >= 4 is 17.4 Å². The van der Waals surface area contributed by atoms with Crippen molar-refractivity contribution in [2.24, 2.45) is 7.05 Å². The third-order valence-corrected chi connectivity index (χ3v) is 3.49. The minimum Gasteiger partial charge on any atom is -0.397 e. The molecule has 0 aromatic carbocycles. The maximum absolute atomic E-state index is 5.59. The van der Waals surface area contributed by atoms with Crippen molar-refractivity contribution in [3.05, 3.63) is 35.8 Å². The number of nitrogen functional groups attached to an aromatic ring is 1. The lowest BCUT2D eigenvalue weighted by atomic mass is 10.3. The predicted molar refractivity (Wildman–Crippen MR) is 70.8 cm³/mol.